The molecule has 0 saturated heterocycles. The van der Waals surface area contributed by atoms with Crippen molar-refractivity contribution in [3.63, 3.8) is 0 Å². The Kier molecular flexibility index (Phi) is 3.05. The summed E-state index contributed by atoms with van der Waals surface area (Å²) in [5.74, 6) is -0.136. The molecule has 1 aromatic carbocycles. The van der Waals surface area contributed by atoms with Gasteiger partial charge in [0.25, 0.3) is 0 Å². The van der Waals surface area contributed by atoms with Gasteiger partial charge in [0.15, 0.2) is 5.84 Å². The number of rotatable bonds is 3. The van der Waals surface area contributed by atoms with Crippen LogP contribution >= 0.6 is 0 Å². The maximum absolute atomic E-state index is 10.1. The molecule has 0 saturated carbocycles. The summed E-state index contributed by atoms with van der Waals surface area (Å²) in [6, 6.07) is 8.40. The third kappa shape index (κ3) is 3.42. The van der Waals surface area contributed by atoms with Gasteiger partial charge in [-0.05, 0) is 5.16 Å². The molecule has 0 heterocycles. The van der Waals surface area contributed by atoms with Crippen LogP contribution in [0.15, 0.2) is 35.5 Å². The summed E-state index contributed by atoms with van der Waals surface area (Å²) < 4.78 is 32.2. The molecule has 14 heavy (non-hydrogen) atoms. The highest BCUT2D eigenvalue weighted by molar-refractivity contribution is 7.80. The van der Waals surface area contributed by atoms with E-state index >= 15 is 0 Å². The molecule has 0 aromatic heterocycles. The lowest BCUT2D eigenvalue weighted by Crippen LogP contribution is -2.14. The summed E-state index contributed by atoms with van der Waals surface area (Å²) in [4.78, 5) is 0. The highest BCUT2D eigenvalue weighted by Crippen LogP contribution is 1.98. The Hall–Kier alpha value is -1.60. The third-order valence-corrected chi connectivity index (χ3v) is 1.56. The summed E-state index contributed by atoms with van der Waals surface area (Å²) in [7, 11) is -4.59. The van der Waals surface area contributed by atoms with Gasteiger partial charge in [-0.15, -0.1) is 0 Å². The zero-order chi connectivity index (χ0) is 10.6. The molecule has 0 aliphatic heterocycles. The topological polar surface area (TPSA) is 102 Å². The van der Waals surface area contributed by atoms with Gasteiger partial charge in [-0.2, -0.15) is 8.42 Å². The molecule has 76 valence electrons. The molecule has 6 nitrogen and oxygen atoms in total. The predicted molar refractivity (Wildman–Crippen MR) is 49.8 cm³/mol. The van der Waals surface area contributed by atoms with Crippen molar-refractivity contribution >= 4 is 16.2 Å². The first-order chi connectivity index (χ1) is 6.49. The third-order valence-electron chi connectivity index (χ3n) is 1.30. The Morgan fingerprint density at radius 1 is 1.36 bits per heavy atom. The summed E-state index contributed by atoms with van der Waals surface area (Å²) in [5.41, 5.74) is 5.85. The van der Waals surface area contributed by atoms with E-state index in [1.165, 1.54) is 0 Å². The minimum Gasteiger partial charge on any atom is -0.380 e. The first kappa shape index (κ1) is 10.5. The van der Waals surface area contributed by atoms with Crippen LogP contribution in [0.4, 0.5) is 0 Å². The van der Waals surface area contributed by atoms with Gasteiger partial charge < -0.3 is 5.73 Å². The molecule has 3 N–H and O–H groups in total. The van der Waals surface area contributed by atoms with Crippen LogP contribution in [0.25, 0.3) is 0 Å². The molecule has 1 aromatic rings. The number of hydrogen-bond donors (Lipinski definition) is 2. The van der Waals surface area contributed by atoms with Gasteiger partial charge >= 0.3 is 10.4 Å². The zero-order valence-corrected chi connectivity index (χ0v) is 7.81. The van der Waals surface area contributed by atoms with E-state index in [-0.39, 0.29) is 5.84 Å². The number of hydrogen-bond acceptors (Lipinski definition) is 4. The first-order valence-electron chi connectivity index (χ1n) is 3.54. The van der Waals surface area contributed by atoms with E-state index in [2.05, 4.69) is 9.44 Å². The fourth-order valence-corrected chi connectivity index (χ4v) is 0.923. The molecule has 1 rings (SSSR count). The second kappa shape index (κ2) is 4.07. The fraction of sp³-hybridized carbons (Fsp3) is 0. The minimum atomic E-state index is -4.59. The monoisotopic (exact) mass is 216 g/mol. The molecular weight excluding hydrogens is 208 g/mol. The Labute approximate surface area is 80.9 Å². The van der Waals surface area contributed by atoms with Crippen molar-refractivity contribution in [3.05, 3.63) is 35.9 Å². The van der Waals surface area contributed by atoms with Gasteiger partial charge in [-0.1, -0.05) is 30.3 Å². The molecule has 0 fully saturated rings. The van der Waals surface area contributed by atoms with Crippen LogP contribution in [-0.2, 0) is 14.7 Å². The van der Waals surface area contributed by atoms with Gasteiger partial charge in [0.05, 0.1) is 0 Å². The van der Waals surface area contributed by atoms with Crippen LogP contribution in [-0.4, -0.2) is 18.8 Å². The molecule has 0 aliphatic carbocycles. The quantitative estimate of drug-likeness (QED) is 0.323. The van der Waals surface area contributed by atoms with Crippen molar-refractivity contribution in [1.29, 1.82) is 0 Å². The first-order valence-corrected chi connectivity index (χ1v) is 4.90. The van der Waals surface area contributed by atoms with E-state index in [0.29, 0.717) is 5.56 Å². The van der Waals surface area contributed by atoms with Crippen molar-refractivity contribution in [2.24, 2.45) is 10.9 Å². The number of amidine groups is 1. The molecule has 0 spiro atoms. The van der Waals surface area contributed by atoms with E-state index in [1.807, 2.05) is 0 Å². The molecule has 0 amide bonds. The molecule has 0 unspecified atom stereocenters. The molecule has 0 atom stereocenters. The Morgan fingerprint density at radius 3 is 2.43 bits per heavy atom. The van der Waals surface area contributed by atoms with E-state index < -0.39 is 10.4 Å². The minimum absolute atomic E-state index is 0.136. The number of nitrogens with two attached hydrogens (primary N) is 1. The fourth-order valence-electron chi connectivity index (χ4n) is 0.749. The maximum atomic E-state index is 10.1. The smallest absolute Gasteiger partial charge is 0.380 e. The Morgan fingerprint density at radius 2 is 1.93 bits per heavy atom. The summed E-state index contributed by atoms with van der Waals surface area (Å²) in [6.07, 6.45) is 0. The maximum Gasteiger partial charge on any atom is 0.466 e. The van der Waals surface area contributed by atoms with Gasteiger partial charge in [0.1, 0.15) is 0 Å². The van der Waals surface area contributed by atoms with E-state index in [9.17, 15) is 8.42 Å². The van der Waals surface area contributed by atoms with Gasteiger partial charge in [-0.3, -0.25) is 4.55 Å². The second-order valence-corrected chi connectivity index (χ2v) is 3.35. The Balaban J connectivity index is 2.81. The van der Waals surface area contributed by atoms with Crippen molar-refractivity contribution in [3.8, 4) is 0 Å². The van der Waals surface area contributed by atoms with E-state index in [0.717, 1.165) is 0 Å². The van der Waals surface area contributed by atoms with Crippen LogP contribution in [0.2, 0.25) is 0 Å². The molecule has 0 radical (unpaired) electrons. The molecule has 0 aliphatic rings. The predicted octanol–water partition coefficient (Wildman–Crippen LogP) is 0.126. The standard InChI is InChI=1S/C7H8N2O4S/c8-7(9-13-14(10,11)12)6-4-2-1-3-5-6/h1-5H,(H2,8,9)(H,10,11,12). The zero-order valence-electron chi connectivity index (χ0n) is 6.99. The van der Waals surface area contributed by atoms with Crippen molar-refractivity contribution < 1.29 is 17.3 Å². The summed E-state index contributed by atoms with van der Waals surface area (Å²) >= 11 is 0. The largest absolute Gasteiger partial charge is 0.466 e. The van der Waals surface area contributed by atoms with Crippen LogP contribution in [0.1, 0.15) is 5.56 Å². The lowest BCUT2D eigenvalue weighted by atomic mass is 10.2. The van der Waals surface area contributed by atoms with Gasteiger partial charge in [-0.25, -0.2) is 4.28 Å². The van der Waals surface area contributed by atoms with Crippen LogP contribution < -0.4 is 5.73 Å². The van der Waals surface area contributed by atoms with E-state index in [1.54, 1.807) is 30.3 Å². The van der Waals surface area contributed by atoms with Crippen LogP contribution in [0.3, 0.4) is 0 Å². The Bertz CT molecular complexity index is 426. The number of benzene rings is 1. The molecular formula is C7H8N2O4S. The normalized spacial score (nSPS) is 12.5. The molecule has 0 bridgehead atoms. The molecule has 7 heteroatoms. The van der Waals surface area contributed by atoms with Crippen molar-refractivity contribution in [2.75, 3.05) is 0 Å². The summed E-state index contributed by atoms with van der Waals surface area (Å²) in [5, 5.41) is 3.02. The van der Waals surface area contributed by atoms with Crippen LogP contribution in [0.5, 0.6) is 0 Å². The average Bonchev–Trinajstić information content (AvgIpc) is 2.14. The van der Waals surface area contributed by atoms with Crippen LogP contribution in [0, 0.1) is 0 Å². The average molecular weight is 216 g/mol. The highest BCUT2D eigenvalue weighted by atomic mass is 32.3. The van der Waals surface area contributed by atoms with Crippen molar-refractivity contribution in [1.82, 2.24) is 0 Å². The number of oxime groups is 1. The summed E-state index contributed by atoms with van der Waals surface area (Å²) in [6.45, 7) is 0. The van der Waals surface area contributed by atoms with Gasteiger partial charge in [0, 0.05) is 5.56 Å². The van der Waals surface area contributed by atoms with Crippen molar-refractivity contribution in [2.45, 2.75) is 0 Å². The second-order valence-electron chi connectivity index (χ2n) is 2.34. The van der Waals surface area contributed by atoms with Gasteiger partial charge in [0.2, 0.25) is 0 Å². The number of nitrogens with zero attached hydrogens (tertiary/aromatic N) is 1. The highest BCUT2D eigenvalue weighted by Gasteiger charge is 2.04. The lowest BCUT2D eigenvalue weighted by Gasteiger charge is -1.98. The SMILES string of the molecule is N/C(=N/OS(=O)(=O)O)c1ccccc1. The van der Waals surface area contributed by atoms with E-state index in [4.69, 9.17) is 10.3 Å². The lowest BCUT2D eigenvalue weighted by molar-refractivity contribution is 0.282.